The Bertz CT molecular complexity index is 1120. The first-order valence-electron chi connectivity index (χ1n) is 8.41. The molecule has 0 radical (unpaired) electrons. The zero-order chi connectivity index (χ0) is 19.7. The van der Waals surface area contributed by atoms with Crippen molar-refractivity contribution in [2.45, 2.75) is 0 Å². The largest absolute Gasteiger partial charge is 0.493 e. The molecule has 0 bridgehead atoms. The maximum atomic E-state index is 6.14. The van der Waals surface area contributed by atoms with Crippen LogP contribution in [0.15, 0.2) is 42.0 Å². The van der Waals surface area contributed by atoms with Crippen molar-refractivity contribution in [1.82, 2.24) is 15.0 Å². The van der Waals surface area contributed by atoms with Crippen molar-refractivity contribution in [3.05, 3.63) is 42.0 Å². The first-order valence-corrected chi connectivity index (χ1v) is 9.29. The summed E-state index contributed by atoms with van der Waals surface area (Å²) >= 11 is 1.62. The molecule has 4 rings (SSSR count). The third kappa shape index (κ3) is 2.97. The zero-order valence-corrected chi connectivity index (χ0v) is 16.4. The fourth-order valence-corrected chi connectivity index (χ4v) is 3.84. The molecule has 28 heavy (non-hydrogen) atoms. The minimum atomic E-state index is 0.400. The SMILES string of the molecule is COc1cc(-c2cc(-c3cccs3)c3c(N)ncnc3n2)cc(OC)c1OC. The van der Waals surface area contributed by atoms with E-state index in [-0.39, 0.29) is 0 Å². The van der Waals surface area contributed by atoms with Crippen molar-refractivity contribution < 1.29 is 14.2 Å². The summed E-state index contributed by atoms with van der Waals surface area (Å²) in [4.78, 5) is 14.2. The highest BCUT2D eigenvalue weighted by Gasteiger charge is 2.18. The Labute approximate surface area is 165 Å². The normalized spacial score (nSPS) is 10.8. The molecule has 0 amide bonds. The van der Waals surface area contributed by atoms with Gasteiger partial charge in [0.1, 0.15) is 12.1 Å². The fraction of sp³-hybridized carbons (Fsp3) is 0.150. The highest BCUT2D eigenvalue weighted by Crippen LogP contribution is 2.42. The van der Waals surface area contributed by atoms with Crippen molar-refractivity contribution in [3.8, 4) is 38.9 Å². The lowest BCUT2D eigenvalue weighted by molar-refractivity contribution is 0.324. The minimum Gasteiger partial charge on any atom is -0.493 e. The predicted octanol–water partition coefficient (Wildman–Crippen LogP) is 4.03. The van der Waals surface area contributed by atoms with Crippen molar-refractivity contribution in [2.24, 2.45) is 0 Å². The standard InChI is InChI=1S/C20H18N4O3S/c1-25-14-7-11(8-15(26-2)18(14)27-3)13-9-12(16-5-4-6-28-16)17-19(21)22-10-23-20(17)24-13/h4-10H,1-3H3,(H2,21,22,23,24). The molecule has 3 heterocycles. The van der Waals surface area contributed by atoms with E-state index in [1.807, 2.05) is 35.7 Å². The average Bonchev–Trinajstić information content (AvgIpc) is 3.26. The maximum absolute atomic E-state index is 6.14. The van der Waals surface area contributed by atoms with E-state index in [0.29, 0.717) is 34.4 Å². The molecule has 7 nitrogen and oxygen atoms in total. The van der Waals surface area contributed by atoms with Crippen LogP contribution in [-0.4, -0.2) is 36.3 Å². The molecule has 0 saturated carbocycles. The molecular weight excluding hydrogens is 376 g/mol. The van der Waals surface area contributed by atoms with E-state index in [1.165, 1.54) is 6.33 Å². The van der Waals surface area contributed by atoms with Gasteiger partial charge in [0.2, 0.25) is 5.75 Å². The molecule has 4 aromatic rings. The molecule has 0 unspecified atom stereocenters. The Kier molecular flexibility index (Phi) is 4.70. The Hall–Kier alpha value is -3.39. The molecule has 142 valence electrons. The van der Waals surface area contributed by atoms with Crippen LogP contribution in [0.1, 0.15) is 0 Å². The van der Waals surface area contributed by atoms with Gasteiger partial charge in [0.15, 0.2) is 17.1 Å². The van der Waals surface area contributed by atoms with Crippen LogP contribution in [0, 0.1) is 0 Å². The van der Waals surface area contributed by atoms with Crippen LogP contribution in [0.3, 0.4) is 0 Å². The van der Waals surface area contributed by atoms with E-state index in [1.54, 1.807) is 32.7 Å². The number of pyridine rings is 1. The van der Waals surface area contributed by atoms with Gasteiger partial charge in [0.05, 0.1) is 32.4 Å². The van der Waals surface area contributed by atoms with Crippen LogP contribution < -0.4 is 19.9 Å². The van der Waals surface area contributed by atoms with E-state index in [4.69, 9.17) is 24.9 Å². The molecule has 0 aliphatic rings. The topological polar surface area (TPSA) is 92.4 Å². The van der Waals surface area contributed by atoms with Gasteiger partial charge < -0.3 is 19.9 Å². The number of nitrogen functional groups attached to an aromatic ring is 1. The quantitative estimate of drug-likeness (QED) is 0.546. The van der Waals surface area contributed by atoms with E-state index in [0.717, 1.165) is 21.4 Å². The smallest absolute Gasteiger partial charge is 0.203 e. The summed E-state index contributed by atoms with van der Waals surface area (Å²) in [5, 5.41) is 2.75. The van der Waals surface area contributed by atoms with Crippen molar-refractivity contribution in [2.75, 3.05) is 27.1 Å². The zero-order valence-electron chi connectivity index (χ0n) is 15.6. The van der Waals surface area contributed by atoms with Crippen LogP contribution in [0.2, 0.25) is 0 Å². The summed E-state index contributed by atoms with van der Waals surface area (Å²) in [7, 11) is 4.74. The summed E-state index contributed by atoms with van der Waals surface area (Å²) < 4.78 is 16.4. The number of thiophene rings is 1. The molecular formula is C20H18N4O3S. The monoisotopic (exact) mass is 394 g/mol. The van der Waals surface area contributed by atoms with Crippen LogP contribution in [0.4, 0.5) is 5.82 Å². The number of fused-ring (bicyclic) bond motifs is 1. The van der Waals surface area contributed by atoms with Gasteiger partial charge in [-0.3, -0.25) is 0 Å². The predicted molar refractivity (Wildman–Crippen MR) is 110 cm³/mol. The highest BCUT2D eigenvalue weighted by molar-refractivity contribution is 7.13. The lowest BCUT2D eigenvalue weighted by atomic mass is 10.0. The lowest BCUT2D eigenvalue weighted by Crippen LogP contribution is -1.99. The van der Waals surface area contributed by atoms with E-state index in [2.05, 4.69) is 9.97 Å². The number of ether oxygens (including phenoxy) is 3. The van der Waals surface area contributed by atoms with E-state index >= 15 is 0 Å². The van der Waals surface area contributed by atoms with Crippen LogP contribution in [-0.2, 0) is 0 Å². The second-order valence-corrected chi connectivity index (χ2v) is 6.85. The van der Waals surface area contributed by atoms with Crippen LogP contribution in [0.25, 0.3) is 32.7 Å². The molecule has 0 saturated heterocycles. The van der Waals surface area contributed by atoms with E-state index in [9.17, 15) is 0 Å². The van der Waals surface area contributed by atoms with E-state index < -0.39 is 0 Å². The number of anilines is 1. The molecule has 2 N–H and O–H groups in total. The number of hydrogen-bond donors (Lipinski definition) is 1. The number of methoxy groups -OCH3 is 3. The number of benzene rings is 1. The van der Waals surface area contributed by atoms with Gasteiger partial charge in [0, 0.05) is 16.0 Å². The molecule has 0 aliphatic carbocycles. The Balaban J connectivity index is 2.01. The molecule has 1 aromatic carbocycles. The molecule has 0 spiro atoms. The average molecular weight is 394 g/mol. The highest BCUT2D eigenvalue weighted by atomic mass is 32.1. The second-order valence-electron chi connectivity index (χ2n) is 5.90. The van der Waals surface area contributed by atoms with Gasteiger partial charge in [-0.2, -0.15) is 0 Å². The van der Waals surface area contributed by atoms with Crippen molar-refractivity contribution in [1.29, 1.82) is 0 Å². The van der Waals surface area contributed by atoms with Gasteiger partial charge in [-0.25, -0.2) is 15.0 Å². The van der Waals surface area contributed by atoms with Gasteiger partial charge in [-0.05, 0) is 29.6 Å². The lowest BCUT2D eigenvalue weighted by Gasteiger charge is -2.15. The summed E-state index contributed by atoms with van der Waals surface area (Å²) in [6.07, 6.45) is 1.42. The molecule has 0 aliphatic heterocycles. The van der Waals surface area contributed by atoms with Crippen molar-refractivity contribution >= 4 is 28.2 Å². The number of nitrogens with two attached hydrogens (primary N) is 1. The molecule has 8 heteroatoms. The van der Waals surface area contributed by atoms with Gasteiger partial charge in [-0.1, -0.05) is 6.07 Å². The Morgan fingerprint density at radius 3 is 2.32 bits per heavy atom. The maximum Gasteiger partial charge on any atom is 0.203 e. The summed E-state index contributed by atoms with van der Waals surface area (Å²) in [5.41, 5.74) is 9.13. The fourth-order valence-electron chi connectivity index (χ4n) is 3.09. The Morgan fingerprint density at radius 2 is 1.71 bits per heavy atom. The summed E-state index contributed by atoms with van der Waals surface area (Å²) in [6, 6.07) is 9.72. The number of nitrogens with zero attached hydrogens (tertiary/aromatic N) is 3. The number of aromatic nitrogens is 3. The number of rotatable bonds is 5. The van der Waals surface area contributed by atoms with Crippen LogP contribution >= 0.6 is 11.3 Å². The summed E-state index contributed by atoms with van der Waals surface area (Å²) in [6.45, 7) is 0. The third-order valence-corrected chi connectivity index (χ3v) is 5.28. The van der Waals surface area contributed by atoms with Gasteiger partial charge in [-0.15, -0.1) is 11.3 Å². The van der Waals surface area contributed by atoms with Gasteiger partial charge >= 0.3 is 0 Å². The molecule has 3 aromatic heterocycles. The Morgan fingerprint density at radius 1 is 0.964 bits per heavy atom. The van der Waals surface area contributed by atoms with Crippen molar-refractivity contribution in [3.63, 3.8) is 0 Å². The number of hydrogen-bond acceptors (Lipinski definition) is 8. The first-order chi connectivity index (χ1) is 13.7. The van der Waals surface area contributed by atoms with Gasteiger partial charge in [0.25, 0.3) is 0 Å². The second kappa shape index (κ2) is 7.32. The summed E-state index contributed by atoms with van der Waals surface area (Å²) in [5.74, 6) is 2.04. The third-order valence-electron chi connectivity index (χ3n) is 4.38. The molecule has 0 atom stereocenters. The minimum absolute atomic E-state index is 0.400. The molecule has 0 fully saturated rings. The van der Waals surface area contributed by atoms with Crippen LogP contribution in [0.5, 0.6) is 17.2 Å². The first kappa shape index (κ1) is 18.0.